The largest absolute Gasteiger partial charge is 0.339 e. The predicted molar refractivity (Wildman–Crippen MR) is 135 cm³/mol. The summed E-state index contributed by atoms with van der Waals surface area (Å²) in [5, 5.41) is 9.37. The topological polar surface area (TPSA) is 104 Å². The minimum atomic E-state index is -4.17. The van der Waals surface area contributed by atoms with E-state index in [0.717, 1.165) is 34.5 Å². The van der Waals surface area contributed by atoms with Crippen molar-refractivity contribution in [2.75, 3.05) is 6.54 Å². The van der Waals surface area contributed by atoms with E-state index < -0.39 is 28.0 Å². The number of carbonyl (C=O) groups is 2. The zero-order valence-corrected chi connectivity index (χ0v) is 19.7. The molecular weight excluding hydrogens is 462 g/mol. The van der Waals surface area contributed by atoms with Gasteiger partial charge in [0.25, 0.3) is 15.9 Å². The van der Waals surface area contributed by atoms with Crippen LogP contribution in [0.2, 0.25) is 0 Å². The van der Waals surface area contributed by atoms with Crippen molar-refractivity contribution in [2.45, 2.75) is 29.8 Å². The molecular formula is C27H25N3O4S. The molecule has 7 nitrogen and oxygen atoms in total. The molecule has 1 aliphatic heterocycles. The maximum atomic E-state index is 13.4. The van der Waals surface area contributed by atoms with Crippen LogP contribution in [0, 0.1) is 0 Å². The number of fused-ring (bicyclic) bond motifs is 2. The highest BCUT2D eigenvalue weighted by Crippen LogP contribution is 2.23. The van der Waals surface area contributed by atoms with Gasteiger partial charge in [-0.2, -0.15) is 0 Å². The number of carbonyl (C=O) groups excluding carboxylic acids is 2. The molecule has 0 bridgehead atoms. The molecule has 0 aliphatic carbocycles. The molecule has 2 atom stereocenters. The van der Waals surface area contributed by atoms with Crippen molar-refractivity contribution in [3.8, 4) is 0 Å². The van der Waals surface area contributed by atoms with E-state index >= 15 is 0 Å². The molecule has 5 rings (SSSR count). The summed E-state index contributed by atoms with van der Waals surface area (Å²) in [5.41, 5.74) is 0.501. The minimum absolute atomic E-state index is 0.0226. The van der Waals surface area contributed by atoms with Crippen LogP contribution in [0.3, 0.4) is 0 Å². The summed E-state index contributed by atoms with van der Waals surface area (Å²) >= 11 is 0. The zero-order chi connectivity index (χ0) is 24.4. The van der Waals surface area contributed by atoms with Gasteiger partial charge < -0.3 is 10.6 Å². The number of rotatable bonds is 6. The smallest absolute Gasteiger partial charge is 0.264 e. The normalized spacial score (nSPS) is 16.7. The van der Waals surface area contributed by atoms with Crippen LogP contribution in [0.25, 0.3) is 21.5 Å². The Kier molecular flexibility index (Phi) is 6.23. The van der Waals surface area contributed by atoms with E-state index in [1.165, 1.54) is 12.1 Å². The molecule has 2 amide bonds. The highest BCUT2D eigenvalue weighted by molar-refractivity contribution is 7.90. The van der Waals surface area contributed by atoms with Crippen molar-refractivity contribution in [2.24, 2.45) is 0 Å². The number of amides is 2. The molecule has 3 N–H and O–H groups in total. The van der Waals surface area contributed by atoms with Gasteiger partial charge in [-0.1, -0.05) is 66.7 Å². The lowest BCUT2D eigenvalue weighted by Gasteiger charge is -2.21. The average molecular weight is 488 g/mol. The van der Waals surface area contributed by atoms with Crippen LogP contribution < -0.4 is 15.4 Å². The Hall–Kier alpha value is -3.75. The van der Waals surface area contributed by atoms with Crippen molar-refractivity contribution >= 4 is 43.4 Å². The molecule has 35 heavy (non-hydrogen) atoms. The molecule has 4 aromatic rings. The molecule has 178 valence electrons. The van der Waals surface area contributed by atoms with E-state index in [1.54, 1.807) is 18.2 Å². The number of hydrogen-bond donors (Lipinski definition) is 3. The van der Waals surface area contributed by atoms with E-state index in [-0.39, 0.29) is 10.8 Å². The van der Waals surface area contributed by atoms with Gasteiger partial charge in [-0.05, 0) is 64.7 Å². The summed E-state index contributed by atoms with van der Waals surface area (Å²) in [5.74, 6) is -1.15. The fourth-order valence-corrected chi connectivity index (χ4v) is 5.45. The van der Waals surface area contributed by atoms with Crippen molar-refractivity contribution in [3.05, 3.63) is 90.5 Å². The SMILES string of the molecule is O=C(NC(C(=O)NS(=O)(=O)c1ccc2ccccc2c1)c1ccc2ccccc2c1)C1CCCN1. The number of nitrogens with one attached hydrogen (secondary N) is 3. The molecule has 0 spiro atoms. The first-order chi connectivity index (χ1) is 16.9. The van der Waals surface area contributed by atoms with Crippen LogP contribution in [0.4, 0.5) is 0 Å². The number of sulfonamides is 1. The first kappa shape index (κ1) is 23.0. The molecule has 1 fully saturated rings. The Balaban J connectivity index is 1.46. The van der Waals surface area contributed by atoms with Crippen molar-refractivity contribution < 1.29 is 18.0 Å². The second-order valence-corrected chi connectivity index (χ2v) is 10.4. The fourth-order valence-electron chi connectivity index (χ4n) is 4.42. The maximum Gasteiger partial charge on any atom is 0.264 e. The summed E-state index contributed by atoms with van der Waals surface area (Å²) in [7, 11) is -4.17. The Morgan fingerprint density at radius 2 is 1.46 bits per heavy atom. The quantitative estimate of drug-likeness (QED) is 0.387. The molecule has 2 unspecified atom stereocenters. The lowest BCUT2D eigenvalue weighted by Crippen LogP contribution is -2.47. The molecule has 1 aliphatic rings. The minimum Gasteiger partial charge on any atom is -0.339 e. The lowest BCUT2D eigenvalue weighted by molar-refractivity contribution is -0.129. The zero-order valence-electron chi connectivity index (χ0n) is 18.9. The van der Waals surface area contributed by atoms with Crippen LogP contribution in [-0.4, -0.2) is 32.8 Å². The van der Waals surface area contributed by atoms with Gasteiger partial charge in [0.05, 0.1) is 10.9 Å². The summed E-state index contributed by atoms with van der Waals surface area (Å²) in [6.45, 7) is 0.723. The summed E-state index contributed by atoms with van der Waals surface area (Å²) in [4.78, 5) is 26.2. The van der Waals surface area contributed by atoms with E-state index in [4.69, 9.17) is 0 Å². The number of benzene rings is 4. The highest BCUT2D eigenvalue weighted by atomic mass is 32.2. The second kappa shape index (κ2) is 9.48. The second-order valence-electron chi connectivity index (χ2n) is 8.68. The van der Waals surface area contributed by atoms with Gasteiger partial charge in [-0.3, -0.25) is 9.59 Å². The predicted octanol–water partition coefficient (Wildman–Crippen LogP) is 3.41. The Labute approximate surface area is 203 Å². The van der Waals surface area contributed by atoms with E-state index in [0.29, 0.717) is 12.0 Å². The molecule has 1 heterocycles. The van der Waals surface area contributed by atoms with Gasteiger partial charge in [0.15, 0.2) is 0 Å². The summed E-state index contributed by atoms with van der Waals surface area (Å²) in [6.07, 6.45) is 1.52. The van der Waals surface area contributed by atoms with E-state index in [2.05, 4.69) is 15.4 Å². The first-order valence-corrected chi connectivity index (χ1v) is 13.0. The third-order valence-corrected chi connectivity index (χ3v) is 7.64. The van der Waals surface area contributed by atoms with Gasteiger partial charge in [-0.25, -0.2) is 13.1 Å². The highest BCUT2D eigenvalue weighted by Gasteiger charge is 2.31. The first-order valence-electron chi connectivity index (χ1n) is 11.5. The van der Waals surface area contributed by atoms with Gasteiger partial charge in [0.2, 0.25) is 5.91 Å². The van der Waals surface area contributed by atoms with Gasteiger partial charge in [0.1, 0.15) is 6.04 Å². The Bertz CT molecular complexity index is 1530. The summed E-state index contributed by atoms with van der Waals surface area (Å²) in [6, 6.07) is 23.5. The third-order valence-electron chi connectivity index (χ3n) is 6.30. The standard InChI is InChI=1S/C27H25N3O4S/c31-26(24-10-5-15-28-24)29-25(22-12-11-18-6-1-3-8-20(18)16-22)27(32)30-35(33,34)23-14-13-19-7-2-4-9-21(19)17-23/h1-4,6-9,11-14,16-17,24-25,28H,5,10,15H2,(H,29,31)(H,30,32). The number of hydrogen-bond acceptors (Lipinski definition) is 5. The van der Waals surface area contributed by atoms with Crippen LogP contribution in [0.1, 0.15) is 24.4 Å². The third kappa shape index (κ3) is 4.89. The molecule has 0 saturated carbocycles. The monoisotopic (exact) mass is 487 g/mol. The van der Waals surface area contributed by atoms with Crippen LogP contribution in [-0.2, 0) is 19.6 Å². The molecule has 1 saturated heterocycles. The van der Waals surface area contributed by atoms with Crippen molar-refractivity contribution in [1.29, 1.82) is 0 Å². The van der Waals surface area contributed by atoms with Gasteiger partial charge >= 0.3 is 0 Å². The van der Waals surface area contributed by atoms with Crippen LogP contribution in [0.15, 0.2) is 89.8 Å². The van der Waals surface area contributed by atoms with E-state index in [9.17, 15) is 18.0 Å². The Morgan fingerprint density at radius 3 is 2.11 bits per heavy atom. The van der Waals surface area contributed by atoms with Crippen molar-refractivity contribution in [3.63, 3.8) is 0 Å². The summed E-state index contributed by atoms with van der Waals surface area (Å²) < 4.78 is 28.4. The van der Waals surface area contributed by atoms with Gasteiger partial charge in [0, 0.05) is 0 Å². The molecule has 0 radical (unpaired) electrons. The Morgan fingerprint density at radius 1 is 0.829 bits per heavy atom. The lowest BCUT2D eigenvalue weighted by atomic mass is 10.0. The van der Waals surface area contributed by atoms with Gasteiger partial charge in [-0.15, -0.1) is 0 Å². The molecule has 8 heteroatoms. The van der Waals surface area contributed by atoms with Crippen LogP contribution >= 0.6 is 0 Å². The maximum absolute atomic E-state index is 13.4. The van der Waals surface area contributed by atoms with E-state index in [1.807, 2.05) is 54.6 Å². The average Bonchev–Trinajstić information content (AvgIpc) is 3.41. The van der Waals surface area contributed by atoms with Crippen LogP contribution in [0.5, 0.6) is 0 Å². The fraction of sp³-hybridized carbons (Fsp3) is 0.185. The van der Waals surface area contributed by atoms with Crippen molar-refractivity contribution in [1.82, 2.24) is 15.4 Å². The molecule has 4 aromatic carbocycles. The molecule has 0 aromatic heterocycles.